The monoisotopic (exact) mass is 1190 g/mol. The van der Waals surface area contributed by atoms with E-state index in [0.29, 0.717) is 0 Å². The third-order valence-corrected chi connectivity index (χ3v) is 19.7. The zero-order valence-electron chi connectivity index (χ0n) is 56.9. The Hall–Kier alpha value is -8.46. The molecule has 8 heteroatoms. The molecule has 7 aromatic rings. The molecule has 0 saturated carbocycles. The molecule has 462 valence electrons. The summed E-state index contributed by atoms with van der Waals surface area (Å²) < 4.78 is 0. The number of nitrogens with one attached hydrogen (secondary N) is 4. The quantitative estimate of drug-likeness (QED) is 0.0722. The molecule has 4 aliphatic heterocycles. The van der Waals surface area contributed by atoms with E-state index in [0.717, 1.165) is 204 Å². The summed E-state index contributed by atoms with van der Waals surface area (Å²) in [5.41, 5.74) is 41.4. The number of allylic oxidation sites excluding steroid dienone is 8. The van der Waals surface area contributed by atoms with Crippen molar-refractivity contribution in [2.75, 3.05) is 0 Å². The van der Waals surface area contributed by atoms with E-state index in [1.165, 1.54) is 100 Å². The Balaban J connectivity index is 1.19. The van der Waals surface area contributed by atoms with Gasteiger partial charge in [-0.3, -0.25) is 0 Å². The molecule has 0 fully saturated rings. The smallest absolute Gasteiger partial charge is 0.0851 e. The van der Waals surface area contributed by atoms with Crippen LogP contribution in [-0.4, -0.2) is 39.9 Å². The zero-order valence-corrected chi connectivity index (χ0v) is 56.9. The van der Waals surface area contributed by atoms with Crippen LogP contribution >= 0.6 is 0 Å². The first-order valence-corrected chi connectivity index (χ1v) is 34.5. The van der Waals surface area contributed by atoms with Gasteiger partial charge in [0, 0.05) is 49.7 Å². The summed E-state index contributed by atoms with van der Waals surface area (Å²) >= 11 is 0. The fourth-order valence-electron chi connectivity index (χ4n) is 15.6. The highest BCUT2D eigenvalue weighted by Gasteiger charge is 2.29. The van der Waals surface area contributed by atoms with Gasteiger partial charge in [-0.25, -0.2) is 19.9 Å². The van der Waals surface area contributed by atoms with Gasteiger partial charge in [-0.05, 0) is 246 Å². The number of aromatic nitrogens is 8. The van der Waals surface area contributed by atoms with Gasteiger partial charge in [-0.1, -0.05) is 141 Å². The Morgan fingerprint density at radius 2 is 0.533 bits per heavy atom. The molecule has 0 aliphatic carbocycles. The molecule has 0 saturated heterocycles. The number of benzene rings is 1. The maximum absolute atomic E-state index is 5.70. The highest BCUT2D eigenvalue weighted by Crippen LogP contribution is 2.44. The average Bonchev–Trinajstić information content (AvgIpc) is 1.69. The van der Waals surface area contributed by atoms with Crippen LogP contribution in [0.2, 0.25) is 0 Å². The van der Waals surface area contributed by atoms with Crippen molar-refractivity contribution < 1.29 is 0 Å². The van der Waals surface area contributed by atoms with Crippen molar-refractivity contribution in [1.29, 1.82) is 0 Å². The van der Waals surface area contributed by atoms with Crippen molar-refractivity contribution in [3.05, 3.63) is 173 Å². The van der Waals surface area contributed by atoms with Crippen LogP contribution in [0.4, 0.5) is 0 Å². The van der Waals surface area contributed by atoms with Gasteiger partial charge in [-0.15, -0.1) is 0 Å². The topological polar surface area (TPSA) is 115 Å². The van der Waals surface area contributed by atoms with Gasteiger partial charge in [0.25, 0.3) is 0 Å². The van der Waals surface area contributed by atoms with Crippen molar-refractivity contribution >= 4 is 88.7 Å². The van der Waals surface area contributed by atoms with Crippen LogP contribution in [0.3, 0.4) is 0 Å². The number of H-pyrrole nitrogens is 4. The van der Waals surface area contributed by atoms with Crippen LogP contribution in [0.15, 0.2) is 60.7 Å². The van der Waals surface area contributed by atoms with E-state index in [4.69, 9.17) is 19.9 Å². The second-order valence-corrected chi connectivity index (χ2v) is 24.2. The predicted molar refractivity (Wildman–Crippen MR) is 385 cm³/mol. The van der Waals surface area contributed by atoms with Crippen molar-refractivity contribution in [3.8, 4) is 23.7 Å². The van der Waals surface area contributed by atoms with Crippen molar-refractivity contribution in [3.63, 3.8) is 0 Å². The Morgan fingerprint density at radius 1 is 0.256 bits per heavy atom. The average molecular weight is 1190 g/mol. The fraction of sp³-hybridized carbons (Fsp3) is 0.390. The van der Waals surface area contributed by atoms with Crippen LogP contribution in [0.5, 0.6) is 0 Å². The van der Waals surface area contributed by atoms with Crippen LogP contribution in [0.25, 0.3) is 88.7 Å². The SMILES string of the molecule is CCC1=C(CC)c2cc3[nH]c(cc4[nH]c(c(C#Cc5cccc(C#Cc6c7nc(cc8[nH]c(cc9[nH]c(cc%10nc6C(CC)=C%10CC)c(CC)c9CC)c(CC)c8CC)C(CC)=C7CC)c5)c5nc(cc1n2)C(CC)=C5CC)c(CC)c4CC)c(CC)c3CC. The lowest BCUT2D eigenvalue weighted by Crippen LogP contribution is -1.95. The summed E-state index contributed by atoms with van der Waals surface area (Å²) in [7, 11) is 0. The first-order chi connectivity index (χ1) is 43.9. The first-order valence-electron chi connectivity index (χ1n) is 34.5. The van der Waals surface area contributed by atoms with Gasteiger partial charge in [0.1, 0.15) is 0 Å². The van der Waals surface area contributed by atoms with E-state index in [9.17, 15) is 0 Å². The Morgan fingerprint density at radius 3 is 0.889 bits per heavy atom. The Bertz CT molecular complexity index is 4550. The molecule has 0 amide bonds. The lowest BCUT2D eigenvalue weighted by Gasteiger charge is -2.08. The number of aromatic amines is 4. The zero-order chi connectivity index (χ0) is 63.7. The van der Waals surface area contributed by atoms with Gasteiger partial charge in [0.15, 0.2) is 0 Å². The largest absolute Gasteiger partial charge is 0.355 e. The molecule has 11 rings (SSSR count). The predicted octanol–water partition coefficient (Wildman–Crippen LogP) is 21.2. The molecule has 0 radical (unpaired) electrons. The van der Waals surface area contributed by atoms with Gasteiger partial charge < -0.3 is 19.9 Å². The summed E-state index contributed by atoms with van der Waals surface area (Å²) in [6, 6.07) is 22.5. The normalized spacial score (nSPS) is 13.2. The minimum Gasteiger partial charge on any atom is -0.355 e. The molecule has 4 N–H and O–H groups in total. The highest BCUT2D eigenvalue weighted by atomic mass is 14.8. The van der Waals surface area contributed by atoms with Gasteiger partial charge in [0.2, 0.25) is 0 Å². The van der Waals surface area contributed by atoms with Crippen LogP contribution in [0.1, 0.15) is 274 Å². The molecule has 16 bridgehead atoms. The molecule has 4 aliphatic rings. The molecule has 10 heterocycles. The summed E-state index contributed by atoms with van der Waals surface area (Å²) in [5.74, 6) is 15.2. The standard InChI is InChI=1S/C82H94N8/c1-17-49-53(21-5)71-43-75-57(25-9)61(29-13)79(87-75)65(80-62(30-14)58(26-10)76(88-80)44-72-54(22-6)50(18-2)68(84-72)41-67(49)83-71)38-36-47-34-33-35-48(40-47)37-39-66-81-63(31-15)59(27-11)77(89-81)45-73-55(23-7)51(19-3)69(85-73)42-70-52(20-4)56(24-8)74(86-70)46-78-60(28-12)64(32-16)82(66)90-78/h33-35,40-46,83-85,89H,17-32H2,1-16H3. The fourth-order valence-corrected chi connectivity index (χ4v) is 15.6. The van der Waals surface area contributed by atoms with E-state index in [1.54, 1.807) is 0 Å². The van der Waals surface area contributed by atoms with Crippen LogP contribution in [-0.2, 0) is 51.4 Å². The second kappa shape index (κ2) is 26.9. The van der Waals surface area contributed by atoms with Crippen LogP contribution in [0, 0.1) is 23.7 Å². The Labute approximate surface area is 535 Å². The summed E-state index contributed by atoms with van der Waals surface area (Å²) in [6.07, 6.45) is 14.1. The molecule has 0 unspecified atom stereocenters. The van der Waals surface area contributed by atoms with Crippen molar-refractivity contribution in [1.82, 2.24) is 39.9 Å². The van der Waals surface area contributed by atoms with E-state index < -0.39 is 0 Å². The number of fused-ring (bicyclic) bond motifs is 16. The molecule has 0 atom stereocenters. The maximum Gasteiger partial charge on any atom is 0.0851 e. The molecule has 90 heavy (non-hydrogen) atoms. The second-order valence-electron chi connectivity index (χ2n) is 24.2. The molecule has 8 nitrogen and oxygen atoms in total. The third kappa shape index (κ3) is 11.0. The van der Waals surface area contributed by atoms with Crippen LogP contribution < -0.4 is 0 Å². The molecular formula is C82H94N8. The van der Waals surface area contributed by atoms with Gasteiger partial charge in [0.05, 0.1) is 62.2 Å². The van der Waals surface area contributed by atoms with E-state index >= 15 is 0 Å². The van der Waals surface area contributed by atoms with Crippen molar-refractivity contribution in [2.24, 2.45) is 0 Å². The molecular weight excluding hydrogens is 1100 g/mol. The maximum atomic E-state index is 5.70. The molecule has 0 spiro atoms. The number of hydrogen-bond donors (Lipinski definition) is 4. The summed E-state index contributed by atoms with van der Waals surface area (Å²) in [5, 5.41) is 0. The minimum absolute atomic E-state index is 0.818. The summed E-state index contributed by atoms with van der Waals surface area (Å²) in [6.45, 7) is 36.4. The highest BCUT2D eigenvalue weighted by molar-refractivity contribution is 6.01. The van der Waals surface area contributed by atoms with E-state index in [1.807, 2.05) is 0 Å². The van der Waals surface area contributed by atoms with Crippen molar-refractivity contribution in [2.45, 2.75) is 214 Å². The Kier molecular flexibility index (Phi) is 18.9. The number of aryl methyl sites for hydroxylation is 8. The first kappa shape index (κ1) is 63.1. The number of rotatable bonds is 16. The molecule has 6 aromatic heterocycles. The summed E-state index contributed by atoms with van der Waals surface area (Å²) in [4.78, 5) is 38.5. The van der Waals surface area contributed by atoms with Gasteiger partial charge >= 0.3 is 0 Å². The third-order valence-electron chi connectivity index (χ3n) is 19.7. The lowest BCUT2D eigenvalue weighted by atomic mass is 9.93. The number of nitrogens with zero attached hydrogens (tertiary/aromatic N) is 4. The minimum atomic E-state index is 0.818. The van der Waals surface area contributed by atoms with E-state index in [2.05, 4.69) is 215 Å². The molecule has 1 aromatic carbocycles. The van der Waals surface area contributed by atoms with E-state index in [-0.39, 0.29) is 0 Å². The number of hydrogen-bond acceptors (Lipinski definition) is 4. The lowest BCUT2D eigenvalue weighted by molar-refractivity contribution is 1.07. The van der Waals surface area contributed by atoms with Gasteiger partial charge in [-0.2, -0.15) is 0 Å².